The highest BCUT2D eigenvalue weighted by Gasteiger charge is 2.31. The Morgan fingerprint density at radius 1 is 1.08 bits per heavy atom. The molecule has 1 aromatic carbocycles. The molecule has 3 unspecified atom stereocenters. The van der Waals surface area contributed by atoms with E-state index in [1.54, 1.807) is 0 Å². The smallest absolute Gasteiger partial charge is 0.382 e. The van der Waals surface area contributed by atoms with E-state index < -0.39 is 5.97 Å². The largest absolute Gasteiger partial charge is 0.472 e. The number of rotatable bonds is 4. The molecule has 2 N–H and O–H groups in total. The number of carboxylic acids is 1. The molecule has 0 aliphatic heterocycles. The quantitative estimate of drug-likeness (QED) is 0.800. The molecule has 0 bridgehead atoms. The van der Waals surface area contributed by atoms with Gasteiger partial charge in [-0.3, -0.25) is 0 Å². The van der Waals surface area contributed by atoms with Crippen molar-refractivity contribution in [3.63, 3.8) is 0 Å². The lowest BCUT2D eigenvalue weighted by Gasteiger charge is -2.39. The van der Waals surface area contributed by atoms with E-state index in [9.17, 15) is 4.79 Å². The van der Waals surface area contributed by atoms with Crippen LogP contribution in [-0.4, -0.2) is 17.6 Å². The molecule has 128 valence electrons. The Morgan fingerprint density at radius 3 is 2.58 bits per heavy atom. The van der Waals surface area contributed by atoms with Crippen LogP contribution in [0.4, 0.5) is 5.69 Å². The summed E-state index contributed by atoms with van der Waals surface area (Å²) in [6, 6.07) is 7.69. The molecule has 1 aromatic rings. The van der Waals surface area contributed by atoms with Gasteiger partial charge in [-0.1, -0.05) is 38.0 Å². The number of carboxylic acid groups (broad SMARTS) is 1. The predicted molar refractivity (Wildman–Crippen MR) is 96.9 cm³/mol. The van der Waals surface area contributed by atoms with Crippen LogP contribution in [0.1, 0.15) is 56.9 Å². The van der Waals surface area contributed by atoms with Crippen LogP contribution in [0.15, 0.2) is 24.3 Å². The standard InChI is InChI=1S/C21H27NO2/c23-21(24)12-8-16-6-10-20(11-7-16)22-14-13-17-5-9-18-3-1-2-4-19(18)15-17/h6-7,10-11,17-19,22H,1-5,9,13-15H2,(H,23,24). The van der Waals surface area contributed by atoms with Crippen molar-refractivity contribution in [2.45, 2.75) is 51.4 Å². The van der Waals surface area contributed by atoms with E-state index in [4.69, 9.17) is 5.11 Å². The van der Waals surface area contributed by atoms with Crippen LogP contribution < -0.4 is 5.32 Å². The van der Waals surface area contributed by atoms with E-state index in [0.717, 1.165) is 35.5 Å². The van der Waals surface area contributed by atoms with Crippen molar-refractivity contribution in [3.8, 4) is 11.8 Å². The molecule has 3 nitrogen and oxygen atoms in total. The topological polar surface area (TPSA) is 49.3 Å². The van der Waals surface area contributed by atoms with E-state index in [1.165, 1.54) is 51.4 Å². The van der Waals surface area contributed by atoms with Crippen LogP contribution >= 0.6 is 0 Å². The zero-order valence-corrected chi connectivity index (χ0v) is 14.3. The molecular weight excluding hydrogens is 298 g/mol. The molecular formula is C21H27NO2. The normalized spacial score (nSPS) is 25.9. The summed E-state index contributed by atoms with van der Waals surface area (Å²) < 4.78 is 0. The van der Waals surface area contributed by atoms with Crippen molar-refractivity contribution in [2.75, 3.05) is 11.9 Å². The highest BCUT2D eigenvalue weighted by molar-refractivity contribution is 5.87. The molecule has 0 heterocycles. The average Bonchev–Trinajstić information content (AvgIpc) is 2.61. The number of nitrogens with one attached hydrogen (secondary N) is 1. The molecule has 0 spiro atoms. The molecule has 0 amide bonds. The lowest BCUT2D eigenvalue weighted by molar-refractivity contribution is -0.130. The molecule has 0 saturated heterocycles. The summed E-state index contributed by atoms with van der Waals surface area (Å²) in [7, 11) is 0. The van der Waals surface area contributed by atoms with Crippen molar-refractivity contribution in [1.82, 2.24) is 0 Å². The second kappa shape index (κ2) is 8.24. The van der Waals surface area contributed by atoms with Crippen LogP contribution in [0.25, 0.3) is 0 Å². The lowest BCUT2D eigenvalue weighted by atomic mass is 9.67. The van der Waals surface area contributed by atoms with Crippen molar-refractivity contribution >= 4 is 11.7 Å². The highest BCUT2D eigenvalue weighted by Crippen LogP contribution is 2.43. The van der Waals surface area contributed by atoms with Crippen LogP contribution in [-0.2, 0) is 4.79 Å². The van der Waals surface area contributed by atoms with Gasteiger partial charge in [0, 0.05) is 23.7 Å². The van der Waals surface area contributed by atoms with E-state index in [2.05, 4.69) is 17.2 Å². The third-order valence-electron chi connectivity index (χ3n) is 5.73. The number of anilines is 1. The maximum Gasteiger partial charge on any atom is 0.382 e. The second-order valence-electron chi connectivity index (χ2n) is 7.33. The van der Waals surface area contributed by atoms with Gasteiger partial charge in [0.05, 0.1) is 0 Å². The monoisotopic (exact) mass is 325 g/mol. The second-order valence-corrected chi connectivity index (χ2v) is 7.33. The highest BCUT2D eigenvalue weighted by atomic mass is 16.4. The van der Waals surface area contributed by atoms with Gasteiger partial charge in [0.2, 0.25) is 0 Å². The summed E-state index contributed by atoms with van der Waals surface area (Å²) in [5.74, 6) is 6.59. The van der Waals surface area contributed by atoms with Gasteiger partial charge in [0.25, 0.3) is 0 Å². The van der Waals surface area contributed by atoms with Crippen LogP contribution in [0.3, 0.4) is 0 Å². The number of fused-ring (bicyclic) bond motifs is 1. The molecule has 24 heavy (non-hydrogen) atoms. The number of carbonyl (C=O) groups is 1. The van der Waals surface area contributed by atoms with Gasteiger partial charge >= 0.3 is 5.97 Å². The molecule has 2 aliphatic carbocycles. The van der Waals surface area contributed by atoms with Crippen LogP contribution in [0.2, 0.25) is 0 Å². The Kier molecular flexibility index (Phi) is 5.80. The minimum Gasteiger partial charge on any atom is -0.472 e. The molecule has 0 aromatic heterocycles. The molecule has 3 heteroatoms. The first kappa shape index (κ1) is 16.9. The van der Waals surface area contributed by atoms with Crippen molar-refractivity contribution in [3.05, 3.63) is 29.8 Å². The fraction of sp³-hybridized carbons (Fsp3) is 0.571. The minimum atomic E-state index is -1.09. The first-order valence-electron chi connectivity index (χ1n) is 9.29. The van der Waals surface area contributed by atoms with Crippen molar-refractivity contribution in [1.29, 1.82) is 0 Å². The molecule has 2 fully saturated rings. The number of hydrogen-bond acceptors (Lipinski definition) is 2. The number of benzene rings is 1. The van der Waals surface area contributed by atoms with Gasteiger partial charge < -0.3 is 10.4 Å². The minimum absolute atomic E-state index is 0.735. The first-order valence-corrected chi connectivity index (χ1v) is 9.29. The number of hydrogen-bond donors (Lipinski definition) is 2. The van der Waals surface area contributed by atoms with Gasteiger partial charge in [-0.2, -0.15) is 0 Å². The fourth-order valence-corrected chi connectivity index (χ4v) is 4.45. The first-order chi connectivity index (χ1) is 11.7. The summed E-state index contributed by atoms with van der Waals surface area (Å²) in [4.78, 5) is 10.4. The van der Waals surface area contributed by atoms with Crippen molar-refractivity contribution in [2.24, 2.45) is 17.8 Å². The predicted octanol–water partition coefficient (Wildman–Crippen LogP) is 4.53. The van der Waals surface area contributed by atoms with Gasteiger partial charge in [-0.05, 0) is 61.3 Å². The summed E-state index contributed by atoms with van der Waals surface area (Å²) in [5, 5.41) is 12.0. The van der Waals surface area contributed by atoms with Gasteiger partial charge in [-0.25, -0.2) is 4.79 Å². The van der Waals surface area contributed by atoms with Gasteiger partial charge in [0.1, 0.15) is 0 Å². The van der Waals surface area contributed by atoms with Gasteiger partial charge in [0.15, 0.2) is 0 Å². The maximum absolute atomic E-state index is 10.4. The van der Waals surface area contributed by atoms with Crippen molar-refractivity contribution < 1.29 is 9.90 Å². The van der Waals surface area contributed by atoms with E-state index in [-0.39, 0.29) is 0 Å². The molecule has 3 atom stereocenters. The molecule has 3 rings (SSSR count). The average molecular weight is 325 g/mol. The Balaban J connectivity index is 1.42. The zero-order chi connectivity index (χ0) is 16.8. The van der Waals surface area contributed by atoms with E-state index in [0.29, 0.717) is 0 Å². The molecule has 0 radical (unpaired) electrons. The Bertz CT molecular complexity index is 611. The molecule has 2 saturated carbocycles. The van der Waals surface area contributed by atoms with Crippen LogP contribution in [0.5, 0.6) is 0 Å². The Labute approximate surface area is 144 Å². The fourth-order valence-electron chi connectivity index (χ4n) is 4.45. The summed E-state index contributed by atoms with van der Waals surface area (Å²) in [6.45, 7) is 1.02. The third-order valence-corrected chi connectivity index (χ3v) is 5.73. The van der Waals surface area contributed by atoms with E-state index >= 15 is 0 Å². The lowest BCUT2D eigenvalue weighted by Crippen LogP contribution is -2.28. The number of aliphatic carboxylic acids is 1. The SMILES string of the molecule is O=C(O)C#Cc1ccc(NCCC2CCC3CCCCC3C2)cc1. The summed E-state index contributed by atoms with van der Waals surface area (Å²) in [5.41, 5.74) is 1.82. The summed E-state index contributed by atoms with van der Waals surface area (Å²) in [6.07, 6.45) is 11.4. The Hall–Kier alpha value is -1.95. The Morgan fingerprint density at radius 2 is 1.83 bits per heavy atom. The zero-order valence-electron chi connectivity index (χ0n) is 14.3. The molecule has 2 aliphatic rings. The summed E-state index contributed by atoms with van der Waals surface area (Å²) >= 11 is 0. The van der Waals surface area contributed by atoms with Gasteiger partial charge in [-0.15, -0.1) is 0 Å². The van der Waals surface area contributed by atoms with Crippen LogP contribution in [0, 0.1) is 29.6 Å². The maximum atomic E-state index is 10.4. The third kappa shape index (κ3) is 4.77. The van der Waals surface area contributed by atoms with E-state index in [1.807, 2.05) is 24.3 Å².